The highest BCUT2D eigenvalue weighted by molar-refractivity contribution is 7.89. The number of carbonyl (C=O) groups is 1. The minimum absolute atomic E-state index is 0.00530. The van der Waals surface area contributed by atoms with Gasteiger partial charge in [0.05, 0.1) is 11.4 Å². The van der Waals surface area contributed by atoms with E-state index in [1.165, 1.54) is 7.05 Å². The number of hydrogen-bond acceptors (Lipinski definition) is 3. The molecule has 1 amide bonds. The van der Waals surface area contributed by atoms with Gasteiger partial charge in [-0.25, -0.2) is 8.42 Å². The highest BCUT2D eigenvalue weighted by Crippen LogP contribution is 2.21. The van der Waals surface area contributed by atoms with Gasteiger partial charge < -0.3 is 5.32 Å². The molecule has 130 valence electrons. The largest absolute Gasteiger partial charge is 0.352 e. The summed E-state index contributed by atoms with van der Waals surface area (Å²) in [5.41, 5.74) is 0. The van der Waals surface area contributed by atoms with Crippen LogP contribution in [0.15, 0.2) is 47.4 Å². The average molecular weight is 348 g/mol. The van der Waals surface area contributed by atoms with Gasteiger partial charge in [0.25, 0.3) is 0 Å². The van der Waals surface area contributed by atoms with E-state index in [4.69, 9.17) is 0 Å². The molecule has 6 heteroatoms. The highest BCUT2D eigenvalue weighted by atomic mass is 32.2. The molecule has 0 saturated carbocycles. The molecule has 0 aromatic heterocycles. The van der Waals surface area contributed by atoms with E-state index in [1.54, 1.807) is 18.2 Å². The second kappa shape index (κ2) is 7.32. The molecule has 24 heavy (non-hydrogen) atoms. The zero-order valence-corrected chi connectivity index (χ0v) is 15.3. The quantitative estimate of drug-likeness (QED) is 0.873. The van der Waals surface area contributed by atoms with Crippen LogP contribution in [0, 0.1) is 5.92 Å². The number of nitrogens with one attached hydrogen (secondary N) is 1. The SMILES string of the molecule is CC(C)C(C)NC(=O)CN(C)S(=O)(=O)c1ccc2ccccc2c1. The molecule has 0 heterocycles. The Hall–Kier alpha value is -1.92. The van der Waals surface area contributed by atoms with Crippen molar-refractivity contribution in [2.75, 3.05) is 13.6 Å². The molecule has 0 saturated heterocycles. The standard InChI is InChI=1S/C18H24N2O3S/c1-13(2)14(3)19-18(21)12-20(4)24(22,23)17-10-9-15-7-5-6-8-16(15)11-17/h5-11,13-14H,12H2,1-4H3,(H,19,21). The van der Waals surface area contributed by atoms with Gasteiger partial charge in [0.15, 0.2) is 0 Å². The van der Waals surface area contributed by atoms with Crippen LogP contribution in [-0.2, 0) is 14.8 Å². The smallest absolute Gasteiger partial charge is 0.243 e. The van der Waals surface area contributed by atoms with E-state index in [0.29, 0.717) is 0 Å². The molecule has 2 aromatic carbocycles. The molecule has 0 aliphatic heterocycles. The fraction of sp³-hybridized carbons (Fsp3) is 0.389. The number of fused-ring (bicyclic) bond motifs is 1. The number of amides is 1. The van der Waals surface area contributed by atoms with Crippen LogP contribution in [-0.4, -0.2) is 38.3 Å². The summed E-state index contributed by atoms with van der Waals surface area (Å²) in [5.74, 6) is -0.0144. The molecular formula is C18H24N2O3S. The first kappa shape index (κ1) is 18.4. The molecule has 2 rings (SSSR count). The van der Waals surface area contributed by atoms with Crippen molar-refractivity contribution < 1.29 is 13.2 Å². The number of benzene rings is 2. The topological polar surface area (TPSA) is 66.5 Å². The second-order valence-electron chi connectivity index (χ2n) is 6.37. The summed E-state index contributed by atoms with van der Waals surface area (Å²) in [6.07, 6.45) is 0. The molecule has 2 aromatic rings. The molecule has 0 bridgehead atoms. The van der Waals surface area contributed by atoms with Crippen LogP contribution in [0.1, 0.15) is 20.8 Å². The predicted octanol–water partition coefficient (Wildman–Crippen LogP) is 2.62. The normalized spacial score (nSPS) is 13.4. The third-order valence-corrected chi connectivity index (χ3v) is 5.98. The lowest BCUT2D eigenvalue weighted by atomic mass is 10.1. The predicted molar refractivity (Wildman–Crippen MR) is 96.2 cm³/mol. The van der Waals surface area contributed by atoms with E-state index in [1.807, 2.05) is 45.0 Å². The summed E-state index contributed by atoms with van der Waals surface area (Å²) >= 11 is 0. The molecule has 5 nitrogen and oxygen atoms in total. The van der Waals surface area contributed by atoms with Crippen molar-refractivity contribution in [3.63, 3.8) is 0 Å². The fourth-order valence-corrected chi connectivity index (χ4v) is 3.42. The Labute approximate surface area is 143 Å². The van der Waals surface area contributed by atoms with Crippen molar-refractivity contribution in [3.05, 3.63) is 42.5 Å². The van der Waals surface area contributed by atoms with E-state index in [0.717, 1.165) is 15.1 Å². The van der Waals surface area contributed by atoms with E-state index in [9.17, 15) is 13.2 Å². The summed E-state index contributed by atoms with van der Waals surface area (Å²) in [6.45, 7) is 5.70. The molecule has 1 unspecified atom stereocenters. The van der Waals surface area contributed by atoms with E-state index < -0.39 is 10.0 Å². The van der Waals surface area contributed by atoms with Gasteiger partial charge in [-0.1, -0.05) is 44.2 Å². The van der Waals surface area contributed by atoms with Crippen LogP contribution in [0.4, 0.5) is 0 Å². The molecular weight excluding hydrogens is 324 g/mol. The third-order valence-electron chi connectivity index (χ3n) is 4.18. The Morgan fingerprint density at radius 3 is 2.33 bits per heavy atom. The summed E-state index contributed by atoms with van der Waals surface area (Å²) in [7, 11) is -2.29. The highest BCUT2D eigenvalue weighted by Gasteiger charge is 2.24. The van der Waals surface area contributed by atoms with Crippen molar-refractivity contribution in [2.45, 2.75) is 31.7 Å². The minimum Gasteiger partial charge on any atom is -0.352 e. The van der Waals surface area contributed by atoms with Gasteiger partial charge in [-0.05, 0) is 35.7 Å². The first-order chi connectivity index (χ1) is 11.2. The number of carbonyl (C=O) groups excluding carboxylic acids is 1. The first-order valence-corrected chi connectivity index (χ1v) is 9.40. The zero-order valence-electron chi connectivity index (χ0n) is 14.5. The molecule has 0 aliphatic rings. The molecule has 1 N–H and O–H groups in total. The Bertz CT molecular complexity index is 831. The average Bonchev–Trinajstić information content (AvgIpc) is 2.53. The lowest BCUT2D eigenvalue weighted by Gasteiger charge is -2.21. The van der Waals surface area contributed by atoms with Crippen LogP contribution >= 0.6 is 0 Å². The van der Waals surface area contributed by atoms with Gasteiger partial charge in [-0.15, -0.1) is 0 Å². The Morgan fingerprint density at radius 1 is 1.08 bits per heavy atom. The van der Waals surface area contributed by atoms with E-state index >= 15 is 0 Å². The van der Waals surface area contributed by atoms with Gasteiger partial charge >= 0.3 is 0 Å². The molecule has 0 fully saturated rings. The Balaban J connectivity index is 2.17. The van der Waals surface area contributed by atoms with Crippen molar-refractivity contribution in [1.29, 1.82) is 0 Å². The summed E-state index contributed by atoms with van der Waals surface area (Å²) in [6, 6.07) is 12.5. The minimum atomic E-state index is -3.71. The van der Waals surface area contributed by atoms with Crippen molar-refractivity contribution in [3.8, 4) is 0 Å². The summed E-state index contributed by atoms with van der Waals surface area (Å²) < 4.78 is 26.4. The van der Waals surface area contributed by atoms with Gasteiger partial charge in [0, 0.05) is 13.1 Å². The number of sulfonamides is 1. The first-order valence-electron chi connectivity index (χ1n) is 7.96. The summed E-state index contributed by atoms with van der Waals surface area (Å²) in [4.78, 5) is 12.2. The molecule has 0 radical (unpaired) electrons. The van der Waals surface area contributed by atoms with Crippen molar-refractivity contribution in [2.24, 2.45) is 5.92 Å². The van der Waals surface area contributed by atoms with Gasteiger partial charge in [0.2, 0.25) is 15.9 Å². The van der Waals surface area contributed by atoms with Crippen LogP contribution < -0.4 is 5.32 Å². The number of rotatable bonds is 6. The van der Waals surface area contributed by atoms with E-state index in [-0.39, 0.29) is 29.3 Å². The van der Waals surface area contributed by atoms with Gasteiger partial charge in [-0.3, -0.25) is 4.79 Å². The number of nitrogens with zero attached hydrogens (tertiary/aromatic N) is 1. The Morgan fingerprint density at radius 2 is 1.71 bits per heavy atom. The van der Waals surface area contributed by atoms with Crippen molar-refractivity contribution in [1.82, 2.24) is 9.62 Å². The zero-order chi connectivity index (χ0) is 17.9. The molecule has 0 spiro atoms. The number of hydrogen-bond donors (Lipinski definition) is 1. The van der Waals surface area contributed by atoms with Gasteiger partial charge in [-0.2, -0.15) is 4.31 Å². The maximum Gasteiger partial charge on any atom is 0.243 e. The number of likely N-dealkylation sites (N-methyl/N-ethyl adjacent to an activating group) is 1. The van der Waals surface area contributed by atoms with Crippen LogP contribution in [0.5, 0.6) is 0 Å². The maximum atomic E-state index is 12.7. The van der Waals surface area contributed by atoms with Crippen LogP contribution in [0.3, 0.4) is 0 Å². The molecule has 1 atom stereocenters. The van der Waals surface area contributed by atoms with Gasteiger partial charge in [0.1, 0.15) is 0 Å². The molecule has 0 aliphatic carbocycles. The second-order valence-corrected chi connectivity index (χ2v) is 8.42. The lowest BCUT2D eigenvalue weighted by molar-refractivity contribution is -0.122. The lowest BCUT2D eigenvalue weighted by Crippen LogP contribution is -2.43. The maximum absolute atomic E-state index is 12.7. The van der Waals surface area contributed by atoms with E-state index in [2.05, 4.69) is 5.32 Å². The van der Waals surface area contributed by atoms with Crippen LogP contribution in [0.2, 0.25) is 0 Å². The van der Waals surface area contributed by atoms with Crippen molar-refractivity contribution >= 4 is 26.7 Å². The summed E-state index contributed by atoms with van der Waals surface area (Å²) in [5, 5.41) is 4.64. The monoisotopic (exact) mass is 348 g/mol. The Kier molecular flexibility index (Phi) is 5.62. The third kappa shape index (κ3) is 4.13. The fourth-order valence-electron chi connectivity index (χ4n) is 2.26. The van der Waals surface area contributed by atoms with Crippen LogP contribution in [0.25, 0.3) is 10.8 Å².